The van der Waals surface area contributed by atoms with E-state index in [1.165, 1.54) is 12.1 Å². The van der Waals surface area contributed by atoms with Gasteiger partial charge in [-0.15, -0.1) is 13.2 Å². The Balaban J connectivity index is 1.40. The third-order valence-corrected chi connectivity index (χ3v) is 10.5. The quantitative estimate of drug-likeness (QED) is 0.116. The molecule has 0 aliphatic rings. The molecule has 2 N–H and O–H groups in total. The van der Waals surface area contributed by atoms with E-state index >= 15 is 0 Å². The fourth-order valence-electron chi connectivity index (χ4n) is 6.52. The van der Waals surface area contributed by atoms with Crippen LogP contribution < -0.4 is 9.46 Å². The van der Waals surface area contributed by atoms with Crippen LogP contribution in [0.1, 0.15) is 50.8 Å². The summed E-state index contributed by atoms with van der Waals surface area (Å²) >= 11 is 6.59. The second-order valence-electron chi connectivity index (χ2n) is 12.2. The summed E-state index contributed by atoms with van der Waals surface area (Å²) in [6.07, 6.45) is -2.78. The highest BCUT2D eigenvalue weighted by molar-refractivity contribution is 7.89. The van der Waals surface area contributed by atoms with Crippen LogP contribution in [0, 0.1) is 0 Å². The summed E-state index contributed by atoms with van der Waals surface area (Å²) in [6, 6.07) is 36.4. The minimum Gasteiger partial charge on any atom is -0.478 e. The van der Waals surface area contributed by atoms with Crippen molar-refractivity contribution < 1.29 is 36.2 Å². The summed E-state index contributed by atoms with van der Waals surface area (Å²) < 4.78 is 74.1. The molecule has 0 atom stereocenters. The van der Waals surface area contributed by atoms with Crippen molar-refractivity contribution in [1.29, 1.82) is 0 Å². The molecule has 1 aromatic heterocycles. The standard InChI is InChI=1S/C40H34ClF3N2O5S/c41-31-21-22-36-35(25-31)34(16-7-9-27-17-19-30(20-18-27)39(47)48)37(46(36)38(28-10-3-1-4-11-28)29-12-5-2-6-13-29)23-24-45-52(49,50)33-15-8-14-32(26-33)51-40(42,43)44/h1-6,8,10-15,17-22,25-26,38,45H,7,9,16,23-24H2,(H,47,48). The van der Waals surface area contributed by atoms with Gasteiger partial charge >= 0.3 is 12.3 Å². The Kier molecular flexibility index (Phi) is 11.0. The van der Waals surface area contributed by atoms with E-state index in [1.807, 2.05) is 78.9 Å². The Morgan fingerprint density at radius 2 is 1.46 bits per heavy atom. The molecular formula is C40H34ClF3N2O5S. The van der Waals surface area contributed by atoms with E-state index in [4.69, 9.17) is 11.6 Å². The number of carboxylic acids is 1. The monoisotopic (exact) mass is 746 g/mol. The van der Waals surface area contributed by atoms with Gasteiger partial charge in [0.2, 0.25) is 10.0 Å². The number of carboxylic acid groups (broad SMARTS) is 1. The second-order valence-corrected chi connectivity index (χ2v) is 14.4. The first kappa shape index (κ1) is 36.7. The van der Waals surface area contributed by atoms with Crippen molar-refractivity contribution >= 4 is 38.5 Å². The number of halogens is 4. The summed E-state index contributed by atoms with van der Waals surface area (Å²) in [4.78, 5) is 11.0. The van der Waals surface area contributed by atoms with Crippen LogP contribution >= 0.6 is 11.6 Å². The van der Waals surface area contributed by atoms with Gasteiger partial charge in [-0.25, -0.2) is 17.9 Å². The molecule has 6 rings (SSSR count). The van der Waals surface area contributed by atoms with Gasteiger partial charge in [0.05, 0.1) is 16.5 Å². The third-order valence-electron chi connectivity index (χ3n) is 8.77. The first-order chi connectivity index (χ1) is 24.9. The predicted octanol–water partition coefficient (Wildman–Crippen LogP) is 9.23. The van der Waals surface area contributed by atoms with Gasteiger partial charge in [-0.2, -0.15) is 0 Å². The highest BCUT2D eigenvalue weighted by Crippen LogP contribution is 2.38. The maximum atomic E-state index is 13.4. The molecule has 0 aliphatic carbocycles. The summed E-state index contributed by atoms with van der Waals surface area (Å²) in [5.74, 6) is -1.63. The summed E-state index contributed by atoms with van der Waals surface area (Å²) in [7, 11) is -4.23. The van der Waals surface area contributed by atoms with E-state index in [0.29, 0.717) is 24.3 Å². The normalized spacial score (nSPS) is 12.0. The van der Waals surface area contributed by atoms with Crippen LogP contribution in [-0.4, -0.2) is 37.0 Å². The first-order valence-corrected chi connectivity index (χ1v) is 18.3. The zero-order valence-electron chi connectivity index (χ0n) is 27.7. The minimum atomic E-state index is -4.97. The molecule has 1 heterocycles. The van der Waals surface area contributed by atoms with Crippen LogP contribution in [0.25, 0.3) is 10.9 Å². The second kappa shape index (κ2) is 15.6. The molecule has 0 saturated heterocycles. The van der Waals surface area contributed by atoms with Gasteiger partial charge in [-0.05, 0) is 84.0 Å². The Hall–Kier alpha value is -5.10. The van der Waals surface area contributed by atoms with E-state index in [9.17, 15) is 31.5 Å². The fourth-order valence-corrected chi connectivity index (χ4v) is 7.76. The third kappa shape index (κ3) is 8.67. The number of benzene rings is 5. The number of ether oxygens (including phenoxy) is 1. The zero-order valence-corrected chi connectivity index (χ0v) is 29.3. The number of aromatic nitrogens is 1. The zero-order chi connectivity index (χ0) is 36.9. The molecule has 0 saturated carbocycles. The lowest BCUT2D eigenvalue weighted by Crippen LogP contribution is -2.27. The van der Waals surface area contributed by atoms with Crippen molar-refractivity contribution in [2.24, 2.45) is 0 Å². The van der Waals surface area contributed by atoms with Crippen LogP contribution in [0.4, 0.5) is 13.2 Å². The summed E-state index contributed by atoms with van der Waals surface area (Å²) in [6.45, 7) is -0.0588. The Morgan fingerprint density at radius 1 is 0.808 bits per heavy atom. The van der Waals surface area contributed by atoms with Gasteiger partial charge in [0.25, 0.3) is 0 Å². The molecule has 0 unspecified atom stereocenters. The summed E-state index contributed by atoms with van der Waals surface area (Å²) in [5.41, 5.74) is 5.95. The van der Waals surface area contributed by atoms with Crippen LogP contribution in [0.3, 0.4) is 0 Å². The van der Waals surface area contributed by atoms with Crippen molar-refractivity contribution in [3.63, 3.8) is 0 Å². The lowest BCUT2D eigenvalue weighted by Gasteiger charge is -2.25. The van der Waals surface area contributed by atoms with Crippen molar-refractivity contribution in [1.82, 2.24) is 9.29 Å². The highest BCUT2D eigenvalue weighted by Gasteiger charge is 2.32. The van der Waals surface area contributed by atoms with Gasteiger partial charge in [-0.3, -0.25) is 0 Å². The fraction of sp³-hybridized carbons (Fsp3) is 0.175. The number of alkyl halides is 3. The molecule has 52 heavy (non-hydrogen) atoms. The Bertz CT molecular complexity index is 2240. The Labute approximate surface area is 304 Å². The van der Waals surface area contributed by atoms with Gasteiger partial charge < -0.3 is 14.4 Å². The van der Waals surface area contributed by atoms with Gasteiger partial charge in [0, 0.05) is 40.7 Å². The number of hydrogen-bond donors (Lipinski definition) is 2. The number of rotatable bonds is 14. The number of nitrogens with zero attached hydrogens (tertiary/aromatic N) is 1. The van der Waals surface area contributed by atoms with E-state index in [-0.39, 0.29) is 29.5 Å². The number of nitrogens with one attached hydrogen (secondary N) is 1. The lowest BCUT2D eigenvalue weighted by molar-refractivity contribution is -0.274. The molecule has 6 aromatic rings. The van der Waals surface area contributed by atoms with Gasteiger partial charge in [0.15, 0.2) is 0 Å². The van der Waals surface area contributed by atoms with Crippen LogP contribution in [0.5, 0.6) is 5.75 Å². The van der Waals surface area contributed by atoms with Crippen molar-refractivity contribution in [3.8, 4) is 5.75 Å². The minimum absolute atomic E-state index is 0.0588. The molecule has 0 fully saturated rings. The molecule has 0 spiro atoms. The smallest absolute Gasteiger partial charge is 0.478 e. The predicted molar refractivity (Wildman–Crippen MR) is 195 cm³/mol. The van der Waals surface area contributed by atoms with Crippen molar-refractivity contribution in [3.05, 3.63) is 166 Å². The first-order valence-electron chi connectivity index (χ1n) is 16.5. The molecule has 12 heteroatoms. The van der Waals surface area contributed by atoms with Crippen molar-refractivity contribution in [2.45, 2.75) is 43.0 Å². The average molecular weight is 747 g/mol. The molecule has 268 valence electrons. The lowest BCUT2D eigenvalue weighted by atomic mass is 9.97. The van der Waals surface area contributed by atoms with Crippen LogP contribution in [0.2, 0.25) is 5.02 Å². The maximum Gasteiger partial charge on any atom is 0.573 e. The van der Waals surface area contributed by atoms with E-state index in [0.717, 1.165) is 51.0 Å². The number of sulfonamides is 1. The number of aromatic carboxylic acids is 1. The summed E-state index contributed by atoms with van der Waals surface area (Å²) in [5, 5.41) is 10.8. The number of aryl methyl sites for hydroxylation is 2. The molecule has 0 radical (unpaired) electrons. The average Bonchev–Trinajstić information content (AvgIpc) is 3.40. The molecule has 5 aromatic carbocycles. The van der Waals surface area contributed by atoms with E-state index in [1.54, 1.807) is 24.3 Å². The van der Waals surface area contributed by atoms with Gasteiger partial charge in [-0.1, -0.05) is 90.5 Å². The highest BCUT2D eigenvalue weighted by atomic mass is 35.5. The van der Waals surface area contributed by atoms with Crippen LogP contribution in [0.15, 0.2) is 132 Å². The Morgan fingerprint density at radius 3 is 2.08 bits per heavy atom. The topological polar surface area (TPSA) is 97.6 Å². The molecular weight excluding hydrogens is 713 g/mol. The largest absolute Gasteiger partial charge is 0.573 e. The van der Waals surface area contributed by atoms with Crippen LogP contribution in [-0.2, 0) is 29.3 Å². The number of carbonyl (C=O) groups is 1. The molecule has 0 bridgehead atoms. The van der Waals surface area contributed by atoms with Crippen molar-refractivity contribution in [2.75, 3.05) is 6.54 Å². The number of hydrogen-bond acceptors (Lipinski definition) is 4. The maximum absolute atomic E-state index is 13.4. The van der Waals surface area contributed by atoms with E-state index in [2.05, 4.69) is 14.0 Å². The molecule has 7 nitrogen and oxygen atoms in total. The number of fused-ring (bicyclic) bond motifs is 1. The molecule has 0 aliphatic heterocycles. The van der Waals surface area contributed by atoms with Gasteiger partial charge in [0.1, 0.15) is 5.75 Å². The SMILES string of the molecule is O=C(O)c1ccc(CCCc2c(CCNS(=O)(=O)c3cccc(OC(F)(F)F)c3)n(C(c3ccccc3)c3ccccc3)c3ccc(Cl)cc23)cc1. The molecule has 0 amide bonds. The van der Waals surface area contributed by atoms with E-state index < -0.39 is 28.1 Å².